The molecular weight excluding hydrogens is 354 g/mol. The van der Waals surface area contributed by atoms with E-state index < -0.39 is 5.41 Å². The van der Waals surface area contributed by atoms with Crippen molar-refractivity contribution in [3.63, 3.8) is 0 Å². The first kappa shape index (κ1) is 19.4. The minimum atomic E-state index is -0.493. The largest absolute Gasteiger partial charge is 0.343 e. The zero-order valence-corrected chi connectivity index (χ0v) is 17.0. The van der Waals surface area contributed by atoms with Crippen molar-refractivity contribution in [1.82, 2.24) is 4.90 Å². The first-order chi connectivity index (χ1) is 14.3. The highest BCUT2D eigenvalue weighted by Gasteiger charge is 2.39. The van der Waals surface area contributed by atoms with E-state index in [0.717, 1.165) is 25.9 Å². The van der Waals surface area contributed by atoms with E-state index in [4.69, 9.17) is 0 Å². The molecule has 0 N–H and O–H groups in total. The molecule has 148 valence electrons. The van der Waals surface area contributed by atoms with Gasteiger partial charge in [-0.25, -0.2) is 0 Å². The summed E-state index contributed by atoms with van der Waals surface area (Å²) in [5.41, 5.74) is 3.01. The topological polar surface area (TPSA) is 20.3 Å². The van der Waals surface area contributed by atoms with E-state index in [1.807, 2.05) is 18.2 Å². The second kappa shape index (κ2) is 9.09. The smallest absolute Gasteiger partial charge is 0.224 e. The number of nitrogens with zero attached hydrogens (tertiary/aromatic N) is 1. The van der Waals surface area contributed by atoms with E-state index in [1.165, 1.54) is 29.5 Å². The maximum Gasteiger partial charge on any atom is 0.224 e. The lowest BCUT2D eigenvalue weighted by Crippen LogP contribution is -2.40. The molecule has 1 fully saturated rings. The Morgan fingerprint density at radius 3 is 1.38 bits per heavy atom. The Morgan fingerprint density at radius 2 is 1.00 bits per heavy atom. The highest BCUT2D eigenvalue weighted by molar-refractivity contribution is 5.80. The van der Waals surface area contributed by atoms with Crippen molar-refractivity contribution in [3.8, 4) is 0 Å². The van der Waals surface area contributed by atoms with Crippen LogP contribution >= 0.6 is 0 Å². The number of hydrogen-bond acceptors (Lipinski definition) is 1. The Balaban J connectivity index is 1.84. The van der Waals surface area contributed by atoms with Gasteiger partial charge in [-0.2, -0.15) is 0 Å². The molecule has 2 heteroatoms. The Labute approximate surface area is 174 Å². The number of likely N-dealkylation sites (tertiary alicyclic amines) is 1. The van der Waals surface area contributed by atoms with Crippen LogP contribution in [0.25, 0.3) is 0 Å². The quantitative estimate of drug-likeness (QED) is 0.509. The normalized spacial score (nSPS) is 15.0. The van der Waals surface area contributed by atoms with E-state index in [0.29, 0.717) is 6.42 Å². The molecule has 1 saturated heterocycles. The van der Waals surface area contributed by atoms with Gasteiger partial charge in [0.1, 0.15) is 0 Å². The van der Waals surface area contributed by atoms with Crippen molar-refractivity contribution in [2.24, 2.45) is 0 Å². The van der Waals surface area contributed by atoms with Gasteiger partial charge in [0.15, 0.2) is 0 Å². The van der Waals surface area contributed by atoms with Crippen molar-refractivity contribution in [2.45, 2.75) is 37.5 Å². The van der Waals surface area contributed by atoms with Gasteiger partial charge in [0.05, 0.1) is 5.41 Å². The van der Waals surface area contributed by atoms with Gasteiger partial charge >= 0.3 is 0 Å². The number of carbonyl (C=O) groups excluding carboxylic acids is 1. The monoisotopic (exact) mass is 383 g/mol. The zero-order chi connectivity index (χ0) is 19.9. The molecule has 1 amide bonds. The summed E-state index contributed by atoms with van der Waals surface area (Å²) in [7, 11) is 0. The first-order valence-corrected chi connectivity index (χ1v) is 10.7. The molecule has 1 heterocycles. The number of rotatable bonds is 5. The van der Waals surface area contributed by atoms with Crippen molar-refractivity contribution in [2.75, 3.05) is 13.1 Å². The van der Waals surface area contributed by atoms with Crippen LogP contribution in [0.4, 0.5) is 0 Å². The van der Waals surface area contributed by atoms with Crippen molar-refractivity contribution >= 4 is 5.91 Å². The van der Waals surface area contributed by atoms with Crippen molar-refractivity contribution < 1.29 is 4.79 Å². The summed E-state index contributed by atoms with van der Waals surface area (Å²) in [5, 5.41) is 0. The van der Waals surface area contributed by atoms with Crippen LogP contribution in [-0.2, 0) is 10.2 Å². The molecule has 3 aromatic carbocycles. The molecule has 1 aliphatic heterocycles. The molecule has 0 unspecified atom stereocenters. The molecule has 0 saturated carbocycles. The van der Waals surface area contributed by atoms with Crippen LogP contribution < -0.4 is 0 Å². The zero-order valence-electron chi connectivity index (χ0n) is 17.0. The third-order valence-corrected chi connectivity index (χ3v) is 6.17. The lowest BCUT2D eigenvalue weighted by Gasteiger charge is -2.37. The van der Waals surface area contributed by atoms with Crippen LogP contribution in [0.1, 0.15) is 48.8 Å². The minimum absolute atomic E-state index is 0.253. The molecule has 0 radical (unpaired) electrons. The van der Waals surface area contributed by atoms with Gasteiger partial charge in [-0.1, -0.05) is 104 Å². The standard InChI is InChI=1S/C27H29NO/c29-26(28-20-12-1-2-13-21-28)22-27(23-14-6-3-7-15-23,24-16-8-4-9-17-24)25-18-10-5-11-19-25/h3-11,14-19H,1-2,12-13,20-22H2. The van der Waals surface area contributed by atoms with E-state index in [2.05, 4.69) is 77.7 Å². The molecule has 4 rings (SSSR count). The maximum absolute atomic E-state index is 13.6. The van der Waals surface area contributed by atoms with Crippen LogP contribution in [-0.4, -0.2) is 23.9 Å². The highest BCUT2D eigenvalue weighted by Crippen LogP contribution is 2.42. The van der Waals surface area contributed by atoms with Gasteiger partial charge in [-0.05, 0) is 29.5 Å². The summed E-state index contributed by atoms with van der Waals surface area (Å²) in [6.45, 7) is 1.76. The van der Waals surface area contributed by atoms with Crippen LogP contribution in [0, 0.1) is 0 Å². The van der Waals surface area contributed by atoms with Crippen LogP contribution in [0.15, 0.2) is 91.0 Å². The van der Waals surface area contributed by atoms with E-state index in [9.17, 15) is 4.79 Å². The number of carbonyl (C=O) groups is 1. The molecule has 1 aliphatic rings. The van der Waals surface area contributed by atoms with E-state index >= 15 is 0 Å². The number of amides is 1. The fourth-order valence-electron chi connectivity index (χ4n) is 4.63. The first-order valence-electron chi connectivity index (χ1n) is 10.7. The highest BCUT2D eigenvalue weighted by atomic mass is 16.2. The molecule has 0 aromatic heterocycles. The van der Waals surface area contributed by atoms with Gasteiger partial charge in [0.25, 0.3) is 0 Å². The Hall–Kier alpha value is -2.87. The fourth-order valence-corrected chi connectivity index (χ4v) is 4.63. The summed E-state index contributed by atoms with van der Waals surface area (Å²) in [5.74, 6) is 0.253. The minimum Gasteiger partial charge on any atom is -0.343 e. The van der Waals surface area contributed by atoms with Gasteiger partial charge in [0, 0.05) is 19.5 Å². The predicted molar refractivity (Wildman–Crippen MR) is 119 cm³/mol. The van der Waals surface area contributed by atoms with E-state index in [1.54, 1.807) is 0 Å². The average Bonchev–Trinajstić information content (AvgIpc) is 3.09. The molecule has 3 aromatic rings. The molecule has 0 aliphatic carbocycles. The molecule has 29 heavy (non-hydrogen) atoms. The maximum atomic E-state index is 13.6. The predicted octanol–water partition coefficient (Wildman–Crippen LogP) is 5.81. The van der Waals surface area contributed by atoms with Gasteiger partial charge in [-0.3, -0.25) is 4.79 Å². The third kappa shape index (κ3) is 4.12. The molecule has 2 nitrogen and oxygen atoms in total. The lowest BCUT2D eigenvalue weighted by atomic mass is 9.67. The third-order valence-electron chi connectivity index (χ3n) is 6.17. The summed E-state index contributed by atoms with van der Waals surface area (Å²) in [4.78, 5) is 15.7. The summed E-state index contributed by atoms with van der Waals surface area (Å²) in [6.07, 6.45) is 5.13. The Morgan fingerprint density at radius 1 is 0.621 bits per heavy atom. The molecule has 0 bridgehead atoms. The van der Waals surface area contributed by atoms with Crippen LogP contribution in [0.5, 0.6) is 0 Å². The van der Waals surface area contributed by atoms with Crippen molar-refractivity contribution in [3.05, 3.63) is 108 Å². The number of benzene rings is 3. The second-order valence-electron chi connectivity index (χ2n) is 7.98. The Kier molecular flexibility index (Phi) is 6.09. The molecule has 0 spiro atoms. The lowest BCUT2D eigenvalue weighted by molar-refractivity contribution is -0.132. The Bertz CT molecular complexity index is 800. The summed E-state index contributed by atoms with van der Waals surface area (Å²) < 4.78 is 0. The average molecular weight is 384 g/mol. The number of hydrogen-bond donors (Lipinski definition) is 0. The SMILES string of the molecule is O=C(CC(c1ccccc1)(c1ccccc1)c1ccccc1)N1CCCCCC1. The van der Waals surface area contributed by atoms with Crippen LogP contribution in [0.2, 0.25) is 0 Å². The van der Waals surface area contributed by atoms with Crippen LogP contribution in [0.3, 0.4) is 0 Å². The summed E-state index contributed by atoms with van der Waals surface area (Å²) in [6, 6.07) is 31.6. The van der Waals surface area contributed by atoms with E-state index in [-0.39, 0.29) is 5.91 Å². The molecule has 0 atom stereocenters. The second-order valence-corrected chi connectivity index (χ2v) is 7.98. The molecular formula is C27H29NO. The van der Waals surface area contributed by atoms with Gasteiger partial charge < -0.3 is 4.90 Å². The fraction of sp³-hybridized carbons (Fsp3) is 0.296. The summed E-state index contributed by atoms with van der Waals surface area (Å²) >= 11 is 0. The van der Waals surface area contributed by atoms with Crippen molar-refractivity contribution in [1.29, 1.82) is 0 Å². The van der Waals surface area contributed by atoms with Gasteiger partial charge in [-0.15, -0.1) is 0 Å². The van der Waals surface area contributed by atoms with Gasteiger partial charge in [0.2, 0.25) is 5.91 Å².